The van der Waals surface area contributed by atoms with Crippen molar-refractivity contribution in [3.63, 3.8) is 0 Å². The average Bonchev–Trinajstić information content (AvgIpc) is 2.67. The van der Waals surface area contributed by atoms with Gasteiger partial charge in [-0.2, -0.15) is 4.31 Å². The summed E-state index contributed by atoms with van der Waals surface area (Å²) in [6.07, 6.45) is 3.08. The van der Waals surface area contributed by atoms with Crippen LogP contribution in [0.4, 0.5) is 5.82 Å². The topological polar surface area (TPSA) is 87.7 Å². The molecule has 0 amide bonds. The van der Waals surface area contributed by atoms with Crippen molar-refractivity contribution in [2.45, 2.75) is 11.4 Å². The minimum atomic E-state index is -3.49. The van der Waals surface area contributed by atoms with Crippen LogP contribution >= 0.6 is 0 Å². The molecule has 0 saturated carbocycles. The van der Waals surface area contributed by atoms with Gasteiger partial charge in [-0.1, -0.05) is 0 Å². The molecule has 26 heavy (non-hydrogen) atoms. The Balaban J connectivity index is 1.64. The monoisotopic (exact) mass is 377 g/mol. The van der Waals surface area contributed by atoms with Crippen LogP contribution in [0.25, 0.3) is 0 Å². The smallest absolute Gasteiger partial charge is 0.244 e. The second-order valence-electron chi connectivity index (χ2n) is 6.15. The van der Waals surface area contributed by atoms with E-state index in [2.05, 4.69) is 20.2 Å². The Bertz CT molecular complexity index is 834. The van der Waals surface area contributed by atoms with Crippen molar-refractivity contribution in [1.82, 2.24) is 19.2 Å². The summed E-state index contributed by atoms with van der Waals surface area (Å²) in [7, 11) is 0.0738. The van der Waals surface area contributed by atoms with Crippen LogP contribution < -0.4 is 10.1 Å². The van der Waals surface area contributed by atoms with Gasteiger partial charge >= 0.3 is 0 Å². The number of aromatic nitrogens is 2. The van der Waals surface area contributed by atoms with E-state index in [-0.39, 0.29) is 4.90 Å². The molecule has 0 spiro atoms. The van der Waals surface area contributed by atoms with Crippen LogP contribution in [0.15, 0.2) is 41.6 Å². The van der Waals surface area contributed by atoms with E-state index in [9.17, 15) is 8.42 Å². The lowest BCUT2D eigenvalue weighted by Crippen LogP contribution is -2.47. The molecule has 0 bridgehead atoms. The summed E-state index contributed by atoms with van der Waals surface area (Å²) in [5, 5.41) is 3.17. The maximum absolute atomic E-state index is 12.7. The molecule has 3 rings (SSSR count). The van der Waals surface area contributed by atoms with Gasteiger partial charge < -0.3 is 15.0 Å². The van der Waals surface area contributed by atoms with E-state index in [0.717, 1.165) is 18.7 Å². The van der Waals surface area contributed by atoms with Crippen LogP contribution in [0.1, 0.15) is 5.56 Å². The molecule has 0 radical (unpaired) electrons. The predicted molar refractivity (Wildman–Crippen MR) is 98.6 cm³/mol. The number of rotatable bonds is 6. The maximum atomic E-state index is 12.7. The largest absolute Gasteiger partial charge is 0.481 e. The molecule has 8 nitrogen and oxygen atoms in total. The SMILES string of the molecule is COc1cc(CNc2ccc(S(=O)(=O)N3CCN(C)CC3)cn2)ccn1. The molecular weight excluding hydrogens is 354 g/mol. The number of pyridine rings is 2. The van der Waals surface area contributed by atoms with Crippen molar-refractivity contribution in [3.8, 4) is 5.88 Å². The molecule has 1 fully saturated rings. The van der Waals surface area contributed by atoms with Gasteiger partial charge in [-0.3, -0.25) is 0 Å². The summed E-state index contributed by atoms with van der Waals surface area (Å²) in [5.74, 6) is 1.16. The molecule has 2 aromatic rings. The summed E-state index contributed by atoms with van der Waals surface area (Å²) in [6.45, 7) is 3.02. The van der Waals surface area contributed by atoms with Crippen LogP contribution in [0, 0.1) is 0 Å². The molecule has 1 N–H and O–H groups in total. The Labute approximate surface area is 153 Å². The molecular formula is C17H23N5O3S. The van der Waals surface area contributed by atoms with Crippen molar-refractivity contribution in [3.05, 3.63) is 42.2 Å². The first-order chi connectivity index (χ1) is 12.5. The Morgan fingerprint density at radius 2 is 1.92 bits per heavy atom. The summed E-state index contributed by atoms with van der Waals surface area (Å²) in [4.78, 5) is 10.6. The van der Waals surface area contributed by atoms with Crippen LogP contribution in [-0.4, -0.2) is 67.9 Å². The van der Waals surface area contributed by atoms with Gasteiger partial charge in [-0.25, -0.2) is 18.4 Å². The lowest BCUT2D eigenvalue weighted by molar-refractivity contribution is 0.222. The highest BCUT2D eigenvalue weighted by molar-refractivity contribution is 7.89. The quantitative estimate of drug-likeness (QED) is 0.804. The van der Waals surface area contributed by atoms with Crippen molar-refractivity contribution < 1.29 is 13.2 Å². The first kappa shape index (κ1) is 18.6. The fraction of sp³-hybridized carbons (Fsp3) is 0.412. The third kappa shape index (κ3) is 4.29. The highest BCUT2D eigenvalue weighted by Crippen LogP contribution is 2.18. The van der Waals surface area contributed by atoms with Gasteiger partial charge in [-0.15, -0.1) is 0 Å². The van der Waals surface area contributed by atoms with Crippen LogP contribution in [0.2, 0.25) is 0 Å². The zero-order chi connectivity index (χ0) is 18.6. The van der Waals surface area contributed by atoms with E-state index in [1.165, 1.54) is 10.5 Å². The standard InChI is InChI=1S/C17H23N5O3S/c1-21-7-9-22(10-8-21)26(23,24)15-3-4-16(20-13-15)19-12-14-5-6-18-17(11-14)25-2/h3-6,11,13H,7-10,12H2,1-2H3,(H,19,20). The van der Waals surface area contributed by atoms with Crippen LogP contribution in [-0.2, 0) is 16.6 Å². The number of hydrogen-bond acceptors (Lipinski definition) is 7. The van der Waals surface area contributed by atoms with Gasteiger partial charge in [0.2, 0.25) is 15.9 Å². The molecule has 0 atom stereocenters. The Hall–Kier alpha value is -2.23. The number of methoxy groups -OCH3 is 1. The molecule has 1 aliphatic rings. The summed E-state index contributed by atoms with van der Waals surface area (Å²) < 4.78 is 32.0. The number of piperazine rings is 1. The number of nitrogens with one attached hydrogen (secondary N) is 1. The second-order valence-corrected chi connectivity index (χ2v) is 8.08. The van der Waals surface area contributed by atoms with E-state index in [0.29, 0.717) is 31.3 Å². The Kier molecular flexibility index (Phi) is 5.70. The Morgan fingerprint density at radius 3 is 2.58 bits per heavy atom. The number of ether oxygens (including phenoxy) is 1. The molecule has 3 heterocycles. The van der Waals surface area contributed by atoms with E-state index >= 15 is 0 Å². The summed E-state index contributed by atoms with van der Waals surface area (Å²) in [5.41, 5.74) is 0.993. The first-order valence-electron chi connectivity index (χ1n) is 8.36. The zero-order valence-electron chi connectivity index (χ0n) is 14.9. The third-order valence-electron chi connectivity index (χ3n) is 4.32. The van der Waals surface area contributed by atoms with E-state index in [1.807, 2.05) is 19.2 Å². The fourth-order valence-corrected chi connectivity index (χ4v) is 4.05. The normalized spacial score (nSPS) is 16.4. The minimum absolute atomic E-state index is 0.221. The Morgan fingerprint density at radius 1 is 1.15 bits per heavy atom. The van der Waals surface area contributed by atoms with Crippen molar-refractivity contribution in [2.24, 2.45) is 0 Å². The van der Waals surface area contributed by atoms with Gasteiger partial charge in [0.25, 0.3) is 0 Å². The van der Waals surface area contributed by atoms with Crippen LogP contribution in [0.5, 0.6) is 5.88 Å². The van der Waals surface area contributed by atoms with E-state index < -0.39 is 10.0 Å². The molecule has 2 aromatic heterocycles. The fourth-order valence-electron chi connectivity index (χ4n) is 2.68. The molecule has 1 aliphatic heterocycles. The zero-order valence-corrected chi connectivity index (χ0v) is 15.7. The van der Waals surface area contributed by atoms with Gasteiger partial charge in [0.05, 0.1) is 7.11 Å². The highest BCUT2D eigenvalue weighted by Gasteiger charge is 2.27. The molecule has 0 aliphatic carbocycles. The van der Waals surface area contributed by atoms with Crippen molar-refractivity contribution >= 4 is 15.8 Å². The minimum Gasteiger partial charge on any atom is -0.481 e. The van der Waals surface area contributed by atoms with Gasteiger partial charge in [-0.05, 0) is 30.8 Å². The second kappa shape index (κ2) is 7.98. The van der Waals surface area contributed by atoms with E-state index in [4.69, 9.17) is 4.74 Å². The molecule has 0 unspecified atom stereocenters. The number of sulfonamides is 1. The van der Waals surface area contributed by atoms with E-state index in [1.54, 1.807) is 25.4 Å². The molecule has 1 saturated heterocycles. The van der Waals surface area contributed by atoms with Crippen molar-refractivity contribution in [1.29, 1.82) is 0 Å². The highest BCUT2D eigenvalue weighted by atomic mass is 32.2. The number of nitrogens with zero attached hydrogens (tertiary/aromatic N) is 4. The predicted octanol–water partition coefficient (Wildman–Crippen LogP) is 1.03. The summed E-state index contributed by atoms with van der Waals surface area (Å²) >= 11 is 0. The van der Waals surface area contributed by atoms with Gasteiger partial charge in [0, 0.05) is 51.2 Å². The number of anilines is 1. The van der Waals surface area contributed by atoms with Crippen LogP contribution in [0.3, 0.4) is 0 Å². The third-order valence-corrected chi connectivity index (χ3v) is 6.20. The molecule has 9 heteroatoms. The summed E-state index contributed by atoms with van der Waals surface area (Å²) in [6, 6.07) is 6.98. The molecule has 140 valence electrons. The lowest BCUT2D eigenvalue weighted by atomic mass is 10.2. The van der Waals surface area contributed by atoms with Gasteiger partial charge in [0.15, 0.2) is 0 Å². The molecule has 0 aromatic carbocycles. The maximum Gasteiger partial charge on any atom is 0.244 e. The number of likely N-dealkylation sites (N-methyl/N-ethyl adjacent to an activating group) is 1. The average molecular weight is 377 g/mol. The first-order valence-corrected chi connectivity index (χ1v) is 9.80. The van der Waals surface area contributed by atoms with Gasteiger partial charge in [0.1, 0.15) is 10.7 Å². The van der Waals surface area contributed by atoms with Crippen molar-refractivity contribution in [2.75, 3.05) is 45.7 Å². The number of hydrogen-bond donors (Lipinski definition) is 1. The lowest BCUT2D eigenvalue weighted by Gasteiger charge is -2.31.